The van der Waals surface area contributed by atoms with Crippen LogP contribution in [0.15, 0.2) is 122 Å². The van der Waals surface area contributed by atoms with E-state index in [4.69, 9.17) is 20.9 Å². The topological polar surface area (TPSA) is 226 Å². The molecule has 0 spiro atoms. The zero-order valence-electron chi connectivity index (χ0n) is 35.6. The number of carboxylic acid groups (broad SMARTS) is 2. The summed E-state index contributed by atoms with van der Waals surface area (Å²) in [5, 5.41) is 41.9. The third kappa shape index (κ3) is 11.0. The summed E-state index contributed by atoms with van der Waals surface area (Å²) in [4.78, 5) is 51.3. The van der Waals surface area contributed by atoms with Gasteiger partial charge in [-0.15, -0.1) is 13.2 Å². The van der Waals surface area contributed by atoms with Gasteiger partial charge in [-0.1, -0.05) is 83.9 Å². The Kier molecular flexibility index (Phi) is 16.1. The first-order valence-corrected chi connectivity index (χ1v) is 20.5. The van der Waals surface area contributed by atoms with Crippen LogP contribution in [-0.4, -0.2) is 118 Å². The number of aryl methyl sites for hydroxylation is 2. The second kappa shape index (κ2) is 21.0. The molecule has 2 aliphatic heterocycles. The number of aliphatic hydroxyl groups excluding tert-OH is 2. The van der Waals surface area contributed by atoms with Gasteiger partial charge in [0.15, 0.2) is 0 Å². The van der Waals surface area contributed by atoms with Gasteiger partial charge in [0, 0.05) is 62.2 Å². The van der Waals surface area contributed by atoms with Gasteiger partial charge in [0.1, 0.15) is 11.6 Å². The van der Waals surface area contributed by atoms with Gasteiger partial charge in [0.25, 0.3) is 0 Å². The number of hydrogen-bond donors (Lipinski definition) is 6. The van der Waals surface area contributed by atoms with Crippen molar-refractivity contribution in [2.45, 2.75) is 49.3 Å². The number of aliphatic carboxylic acids is 2. The molecule has 8 N–H and O–H groups in total. The third-order valence-electron chi connectivity index (χ3n) is 11.7. The Morgan fingerprint density at radius 3 is 1.28 bits per heavy atom. The van der Waals surface area contributed by atoms with Crippen molar-refractivity contribution < 1.29 is 57.9 Å². The molecular weight excluding hydrogens is 831 g/mol. The van der Waals surface area contributed by atoms with E-state index in [2.05, 4.69) is 13.2 Å². The lowest BCUT2D eigenvalue weighted by atomic mass is 9.71. The van der Waals surface area contributed by atoms with Crippen molar-refractivity contribution in [1.29, 1.82) is 0 Å². The van der Waals surface area contributed by atoms with Gasteiger partial charge in [0.2, 0.25) is 12.2 Å². The summed E-state index contributed by atoms with van der Waals surface area (Å²) in [6.07, 6.45) is -3.68. The van der Waals surface area contributed by atoms with Gasteiger partial charge >= 0.3 is 23.9 Å². The third-order valence-corrected chi connectivity index (χ3v) is 11.7. The number of rotatable bonds is 16. The highest BCUT2D eigenvalue weighted by Gasteiger charge is 2.56. The molecule has 0 aliphatic carbocycles. The fourth-order valence-electron chi connectivity index (χ4n) is 8.41. The Labute approximate surface area is 370 Å². The molecule has 8 atom stereocenters. The van der Waals surface area contributed by atoms with E-state index in [9.17, 15) is 48.4 Å². The molecule has 16 heteroatoms. The van der Waals surface area contributed by atoms with E-state index < -0.39 is 82.8 Å². The maximum Gasteiger partial charge on any atom is 0.349 e. The second-order valence-electron chi connectivity index (χ2n) is 16.3. The average molecular weight is 885 g/mol. The molecule has 6 rings (SSSR count). The molecule has 0 amide bonds. The van der Waals surface area contributed by atoms with Crippen molar-refractivity contribution in [2.75, 3.05) is 39.3 Å². The number of benzene rings is 4. The van der Waals surface area contributed by atoms with Crippen LogP contribution in [0.5, 0.6) is 0 Å². The van der Waals surface area contributed by atoms with Crippen molar-refractivity contribution in [3.63, 3.8) is 0 Å². The molecular formula is C48H54F2N4O10. The molecule has 4 aromatic rings. The van der Waals surface area contributed by atoms with Crippen LogP contribution >= 0.6 is 0 Å². The van der Waals surface area contributed by atoms with E-state index in [0.717, 1.165) is 11.1 Å². The molecule has 340 valence electrons. The summed E-state index contributed by atoms with van der Waals surface area (Å²) >= 11 is 0. The number of halogens is 2. The zero-order chi connectivity index (χ0) is 46.9. The van der Waals surface area contributed by atoms with E-state index >= 15 is 0 Å². The molecule has 0 radical (unpaired) electrons. The zero-order valence-corrected chi connectivity index (χ0v) is 35.6. The highest BCUT2D eigenvalue weighted by molar-refractivity contribution is 5.95. The molecule has 0 bridgehead atoms. The fraction of sp³-hybridized carbons (Fsp3) is 0.333. The fourth-order valence-corrected chi connectivity index (χ4v) is 8.41. The lowest BCUT2D eigenvalue weighted by Crippen LogP contribution is -2.57. The van der Waals surface area contributed by atoms with E-state index in [1.165, 1.54) is 36.4 Å². The summed E-state index contributed by atoms with van der Waals surface area (Å²) in [6, 6.07) is 24.6. The largest absolute Gasteiger partial charge is 0.478 e. The average Bonchev–Trinajstić information content (AvgIpc) is 3.78. The van der Waals surface area contributed by atoms with Crippen LogP contribution in [0.4, 0.5) is 8.78 Å². The van der Waals surface area contributed by atoms with Gasteiger partial charge in [-0.05, 0) is 50.2 Å². The van der Waals surface area contributed by atoms with Gasteiger partial charge in [-0.3, -0.25) is 9.80 Å². The standard InChI is InChI=1S/C28H36F2N4O2.C20H18O8/c1-3-13-33-15-21(27(31,17-33)19-9-5-7-11-23(19)29)25(35)26(36)22-16-34(14-4-2)18-28(22,32)20-10-6-8-12-24(20)30;1-11-3-7-13(8-4-11)19(25)27-15(17(21)22)16(18(23)24)28-20(26)14-9-5-12(2)6-10-14/h3-12,21-22,25-26,35-36H,1-2,13-18,31-32H2;3-10,15-16H,1-2H3,(H,21,22)(H,23,24)/t21-,22-,25?,26?,27+,28+;/m0./s1. The van der Waals surface area contributed by atoms with Crippen LogP contribution in [-0.2, 0) is 30.1 Å². The Morgan fingerprint density at radius 2 is 0.984 bits per heavy atom. The van der Waals surface area contributed by atoms with Crippen LogP contribution in [0, 0.1) is 37.3 Å². The molecule has 4 unspecified atom stereocenters. The number of hydrogen-bond acceptors (Lipinski definition) is 12. The molecule has 2 heterocycles. The van der Waals surface area contributed by atoms with E-state index in [-0.39, 0.29) is 35.3 Å². The minimum atomic E-state index is -2.22. The molecule has 4 aromatic carbocycles. The van der Waals surface area contributed by atoms with Crippen molar-refractivity contribution in [3.8, 4) is 0 Å². The number of carbonyl (C=O) groups excluding carboxylic acids is 2. The summed E-state index contributed by atoms with van der Waals surface area (Å²) in [6.45, 7) is 13.4. The number of nitrogens with zero attached hydrogens (tertiary/aromatic N) is 2. The summed E-state index contributed by atoms with van der Waals surface area (Å²) in [5.41, 5.74) is 13.5. The van der Waals surface area contributed by atoms with E-state index in [1.807, 2.05) is 9.80 Å². The van der Waals surface area contributed by atoms with Crippen molar-refractivity contribution in [1.82, 2.24) is 9.80 Å². The van der Waals surface area contributed by atoms with Crippen LogP contribution < -0.4 is 11.5 Å². The highest BCUT2D eigenvalue weighted by atomic mass is 19.1. The van der Waals surface area contributed by atoms with Crippen LogP contribution in [0.1, 0.15) is 43.0 Å². The minimum absolute atomic E-state index is 0.0332. The maximum atomic E-state index is 14.9. The van der Waals surface area contributed by atoms with Crippen molar-refractivity contribution in [2.24, 2.45) is 23.3 Å². The predicted octanol–water partition coefficient (Wildman–Crippen LogP) is 4.15. The Hall–Kier alpha value is -6.14. The summed E-state index contributed by atoms with van der Waals surface area (Å²) in [5.74, 6) is -7.97. The van der Waals surface area contributed by atoms with Gasteiger partial charge in [-0.25, -0.2) is 28.0 Å². The first-order chi connectivity index (χ1) is 30.3. The smallest absolute Gasteiger partial charge is 0.349 e. The van der Waals surface area contributed by atoms with E-state index in [0.29, 0.717) is 26.2 Å². The Bertz CT molecular complexity index is 2150. The normalized spacial score (nSPS) is 22.8. The van der Waals surface area contributed by atoms with E-state index in [1.54, 1.807) is 86.7 Å². The maximum absolute atomic E-state index is 14.9. The SMILES string of the molecule is C=CCN1C[C@@H](C(O)C(O)[C@@H]2CN(CC=C)C[C@@]2(N)c2ccccc2F)[C@](N)(c2ccccc2F)C1.Cc1ccc(C(=O)OC(C(=O)O)C(OC(=O)c2ccc(C)cc2)C(=O)O)cc1. The highest BCUT2D eigenvalue weighted by Crippen LogP contribution is 2.44. The summed E-state index contributed by atoms with van der Waals surface area (Å²) < 4.78 is 39.5. The first kappa shape index (κ1) is 48.9. The molecule has 0 saturated carbocycles. The lowest BCUT2D eigenvalue weighted by molar-refractivity contribution is -0.166. The number of ether oxygens (including phenoxy) is 2. The molecule has 64 heavy (non-hydrogen) atoms. The van der Waals surface area contributed by atoms with Crippen LogP contribution in [0.2, 0.25) is 0 Å². The van der Waals surface area contributed by atoms with Crippen molar-refractivity contribution in [3.05, 3.63) is 167 Å². The molecule has 14 nitrogen and oxygen atoms in total. The lowest BCUT2D eigenvalue weighted by Gasteiger charge is -2.41. The number of carbonyl (C=O) groups is 4. The molecule has 0 aromatic heterocycles. The number of carboxylic acids is 2. The number of likely N-dealkylation sites (tertiary alicyclic amines) is 2. The molecule has 2 fully saturated rings. The number of aliphatic hydroxyl groups is 2. The van der Waals surface area contributed by atoms with Gasteiger partial charge in [-0.2, -0.15) is 0 Å². The predicted molar refractivity (Wildman–Crippen MR) is 233 cm³/mol. The monoisotopic (exact) mass is 884 g/mol. The Balaban J connectivity index is 0.000000249. The quantitative estimate of drug-likeness (QED) is 0.0687. The number of nitrogens with two attached hydrogens (primary N) is 2. The number of esters is 2. The van der Waals surface area contributed by atoms with Crippen molar-refractivity contribution >= 4 is 23.9 Å². The van der Waals surface area contributed by atoms with Crippen LogP contribution in [0.25, 0.3) is 0 Å². The van der Waals surface area contributed by atoms with Gasteiger partial charge < -0.3 is 41.4 Å². The summed E-state index contributed by atoms with van der Waals surface area (Å²) in [7, 11) is 0. The van der Waals surface area contributed by atoms with Gasteiger partial charge in [0.05, 0.1) is 34.4 Å². The second-order valence-corrected chi connectivity index (χ2v) is 16.3. The minimum Gasteiger partial charge on any atom is -0.478 e. The van der Waals surface area contributed by atoms with Crippen LogP contribution in [0.3, 0.4) is 0 Å². The first-order valence-electron chi connectivity index (χ1n) is 20.5. The Morgan fingerprint density at radius 1 is 0.656 bits per heavy atom. The molecule has 2 saturated heterocycles. The molecule has 2 aliphatic rings.